The van der Waals surface area contributed by atoms with Crippen molar-refractivity contribution in [3.63, 3.8) is 0 Å². The second-order valence-electron chi connectivity index (χ2n) is 7.59. The Morgan fingerprint density at radius 3 is 2.43 bits per heavy atom. The third-order valence-electron chi connectivity index (χ3n) is 5.82. The van der Waals surface area contributed by atoms with Crippen LogP contribution in [0.1, 0.15) is 36.1 Å². The number of anilines is 1. The first-order valence-corrected chi connectivity index (χ1v) is 10.9. The Morgan fingerprint density at radius 1 is 1.07 bits per heavy atom. The highest BCUT2D eigenvalue weighted by Gasteiger charge is 2.43. The topological polar surface area (TPSA) is 58.6 Å². The van der Waals surface area contributed by atoms with E-state index < -0.39 is 0 Å². The Hall–Kier alpha value is -2.18. The highest BCUT2D eigenvalue weighted by atomic mass is 32.1. The molecule has 1 N–H and O–H groups in total. The van der Waals surface area contributed by atoms with Gasteiger partial charge in [0.15, 0.2) is 0 Å². The minimum Gasteiger partial charge on any atom is -0.378 e. The fraction of sp³-hybridized carbons (Fsp3) is 0.455. The summed E-state index contributed by atoms with van der Waals surface area (Å²) in [5.41, 5.74) is 1.36. The van der Waals surface area contributed by atoms with Crippen LogP contribution in [-0.2, 0) is 26.2 Å². The summed E-state index contributed by atoms with van der Waals surface area (Å²) in [6.07, 6.45) is 4.38. The van der Waals surface area contributed by atoms with Gasteiger partial charge in [-0.15, -0.1) is 11.3 Å². The number of nitrogens with one attached hydrogen (secondary N) is 1. The summed E-state index contributed by atoms with van der Waals surface area (Å²) in [5.74, 6) is 0.215. The third kappa shape index (κ3) is 3.98. The number of hydrogen-bond donors (Lipinski definition) is 1. The van der Waals surface area contributed by atoms with Crippen LogP contribution in [0.15, 0.2) is 41.8 Å². The van der Waals surface area contributed by atoms with E-state index >= 15 is 0 Å². The van der Waals surface area contributed by atoms with Gasteiger partial charge in [-0.05, 0) is 42.0 Å². The molecular formula is C22H26N2O3S. The van der Waals surface area contributed by atoms with E-state index in [4.69, 9.17) is 4.74 Å². The molecule has 28 heavy (non-hydrogen) atoms. The monoisotopic (exact) mass is 398 g/mol. The molecular weight excluding hydrogens is 372 g/mol. The molecule has 4 rings (SSSR count). The highest BCUT2D eigenvalue weighted by molar-refractivity contribution is 7.10. The van der Waals surface area contributed by atoms with E-state index in [0.717, 1.165) is 41.8 Å². The summed E-state index contributed by atoms with van der Waals surface area (Å²) in [6, 6.07) is 11.8. The van der Waals surface area contributed by atoms with Gasteiger partial charge in [0.1, 0.15) is 0 Å². The summed E-state index contributed by atoms with van der Waals surface area (Å²) < 4.78 is 5.30. The summed E-state index contributed by atoms with van der Waals surface area (Å²) in [7, 11) is 0. The number of amides is 2. The Morgan fingerprint density at radius 2 is 1.79 bits per heavy atom. The van der Waals surface area contributed by atoms with E-state index in [1.165, 1.54) is 0 Å². The second kappa shape index (κ2) is 8.45. The molecule has 0 radical (unpaired) electrons. The van der Waals surface area contributed by atoms with Gasteiger partial charge >= 0.3 is 0 Å². The maximum absolute atomic E-state index is 13.1. The van der Waals surface area contributed by atoms with Gasteiger partial charge in [0.2, 0.25) is 11.8 Å². The summed E-state index contributed by atoms with van der Waals surface area (Å²) in [5, 5.41) is 5.16. The Labute approximate surface area is 169 Å². The molecule has 2 aromatic rings. The summed E-state index contributed by atoms with van der Waals surface area (Å²) >= 11 is 1.67. The minimum absolute atomic E-state index is 0.0876. The highest BCUT2D eigenvalue weighted by Crippen LogP contribution is 2.43. The lowest BCUT2D eigenvalue weighted by Gasteiger charge is -2.27. The van der Waals surface area contributed by atoms with Gasteiger partial charge in [-0.1, -0.05) is 31.0 Å². The molecule has 1 aliphatic heterocycles. The number of carbonyl (C=O) groups excluding carboxylic acids is 2. The molecule has 5 nitrogen and oxygen atoms in total. The van der Waals surface area contributed by atoms with Gasteiger partial charge in [0, 0.05) is 23.7 Å². The minimum atomic E-state index is -0.390. The van der Waals surface area contributed by atoms with Gasteiger partial charge in [-0.3, -0.25) is 9.59 Å². The number of nitrogens with zero attached hydrogens (tertiary/aromatic N) is 1. The Bertz CT molecular complexity index is 805. The molecule has 1 saturated carbocycles. The van der Waals surface area contributed by atoms with Gasteiger partial charge in [-0.25, -0.2) is 0 Å². The van der Waals surface area contributed by atoms with Crippen LogP contribution in [0, 0.1) is 0 Å². The SMILES string of the molecule is O=C(Cc1ccc(NC(=O)C2(c3cccs3)CCCC2)cc1)N1CCOCC1. The fourth-order valence-electron chi connectivity index (χ4n) is 4.17. The van der Waals surface area contributed by atoms with Gasteiger partial charge < -0.3 is 15.0 Å². The Balaban J connectivity index is 1.40. The lowest BCUT2D eigenvalue weighted by molar-refractivity contribution is -0.134. The van der Waals surface area contributed by atoms with Crippen LogP contribution < -0.4 is 5.32 Å². The van der Waals surface area contributed by atoms with Crippen LogP contribution in [0.5, 0.6) is 0 Å². The molecule has 0 spiro atoms. The van der Waals surface area contributed by atoms with Crippen LogP contribution >= 0.6 is 11.3 Å². The lowest BCUT2D eigenvalue weighted by atomic mass is 9.83. The van der Waals surface area contributed by atoms with Crippen LogP contribution in [0.2, 0.25) is 0 Å². The van der Waals surface area contributed by atoms with Gasteiger partial charge in [-0.2, -0.15) is 0 Å². The average molecular weight is 399 g/mol. The van der Waals surface area contributed by atoms with Crippen molar-refractivity contribution >= 4 is 28.8 Å². The molecule has 0 atom stereocenters. The molecule has 2 heterocycles. The van der Waals surface area contributed by atoms with Crippen molar-refractivity contribution in [2.75, 3.05) is 31.6 Å². The van der Waals surface area contributed by atoms with Crippen molar-refractivity contribution in [3.05, 3.63) is 52.2 Å². The normalized spacial score (nSPS) is 18.8. The van der Waals surface area contributed by atoms with E-state index in [2.05, 4.69) is 11.4 Å². The molecule has 2 aliphatic rings. The number of benzene rings is 1. The third-order valence-corrected chi connectivity index (χ3v) is 6.89. The van der Waals surface area contributed by atoms with Crippen LogP contribution in [0.3, 0.4) is 0 Å². The quantitative estimate of drug-likeness (QED) is 0.837. The maximum atomic E-state index is 13.1. The van der Waals surface area contributed by atoms with Crippen molar-refractivity contribution in [3.8, 4) is 0 Å². The van der Waals surface area contributed by atoms with Crippen molar-refractivity contribution in [1.82, 2.24) is 4.90 Å². The van der Waals surface area contributed by atoms with E-state index in [1.54, 1.807) is 11.3 Å². The van der Waals surface area contributed by atoms with Gasteiger partial charge in [0.25, 0.3) is 0 Å². The molecule has 2 fully saturated rings. The smallest absolute Gasteiger partial charge is 0.235 e. The number of morpholine rings is 1. The maximum Gasteiger partial charge on any atom is 0.235 e. The second-order valence-corrected chi connectivity index (χ2v) is 8.54. The predicted molar refractivity (Wildman–Crippen MR) is 111 cm³/mol. The first-order valence-electron chi connectivity index (χ1n) is 9.97. The fourth-order valence-corrected chi connectivity index (χ4v) is 5.15. The van der Waals surface area contributed by atoms with Crippen molar-refractivity contribution in [2.24, 2.45) is 0 Å². The van der Waals surface area contributed by atoms with E-state index in [-0.39, 0.29) is 17.2 Å². The largest absolute Gasteiger partial charge is 0.378 e. The zero-order valence-corrected chi connectivity index (χ0v) is 16.8. The average Bonchev–Trinajstić information content (AvgIpc) is 3.43. The van der Waals surface area contributed by atoms with E-state index in [9.17, 15) is 9.59 Å². The van der Waals surface area contributed by atoms with Crippen molar-refractivity contribution < 1.29 is 14.3 Å². The Kier molecular flexibility index (Phi) is 5.78. The zero-order chi connectivity index (χ0) is 19.4. The summed E-state index contributed by atoms with van der Waals surface area (Å²) in [6.45, 7) is 2.56. The first-order chi connectivity index (χ1) is 13.7. The molecule has 0 bridgehead atoms. The van der Waals surface area contributed by atoms with Crippen molar-refractivity contribution in [1.29, 1.82) is 0 Å². The van der Waals surface area contributed by atoms with Crippen LogP contribution in [0.25, 0.3) is 0 Å². The predicted octanol–water partition coefficient (Wildman–Crippen LogP) is 3.60. The number of hydrogen-bond acceptors (Lipinski definition) is 4. The van der Waals surface area contributed by atoms with Crippen LogP contribution in [0.4, 0.5) is 5.69 Å². The van der Waals surface area contributed by atoms with Crippen molar-refractivity contribution in [2.45, 2.75) is 37.5 Å². The molecule has 1 saturated heterocycles. The standard InChI is InChI=1S/C22H26N2O3S/c25-20(24-11-13-27-14-12-24)16-17-5-7-18(8-6-17)23-21(26)22(9-1-2-10-22)19-4-3-15-28-19/h3-8,15H,1-2,9-14,16H2,(H,23,26). The number of ether oxygens (including phenoxy) is 1. The van der Waals surface area contributed by atoms with Gasteiger partial charge in [0.05, 0.1) is 25.0 Å². The molecule has 2 amide bonds. The van der Waals surface area contributed by atoms with E-state index in [0.29, 0.717) is 32.7 Å². The number of carbonyl (C=O) groups is 2. The number of rotatable bonds is 5. The van der Waals surface area contributed by atoms with Crippen LogP contribution in [-0.4, -0.2) is 43.0 Å². The molecule has 1 aromatic carbocycles. The lowest BCUT2D eigenvalue weighted by Crippen LogP contribution is -2.41. The summed E-state index contributed by atoms with van der Waals surface area (Å²) in [4.78, 5) is 28.5. The molecule has 1 aromatic heterocycles. The number of thiophene rings is 1. The first kappa shape index (κ1) is 19.2. The van der Waals surface area contributed by atoms with E-state index in [1.807, 2.05) is 40.6 Å². The molecule has 1 aliphatic carbocycles. The molecule has 6 heteroatoms. The molecule has 148 valence electrons. The zero-order valence-electron chi connectivity index (χ0n) is 16.0. The molecule has 0 unspecified atom stereocenters.